The van der Waals surface area contributed by atoms with E-state index < -0.39 is 145 Å². The lowest BCUT2D eigenvalue weighted by Crippen LogP contribution is -2.71. The zero-order valence-electron chi connectivity index (χ0n) is 39.3. The van der Waals surface area contributed by atoms with Crippen LogP contribution >= 0.6 is 0 Å². The molecule has 25 atom stereocenters. The molecule has 4 saturated carbocycles. The number of aliphatic hydroxyl groups is 12. The Hall–Kier alpha value is -0.980. The Morgan fingerprint density at radius 1 is 0.692 bits per heavy atom. The van der Waals surface area contributed by atoms with E-state index in [1.165, 1.54) is 0 Å². The lowest BCUT2D eigenvalue weighted by Gasteiger charge is -2.72. The Bertz CT molecular complexity index is 1660. The predicted molar refractivity (Wildman–Crippen MR) is 229 cm³/mol. The van der Waals surface area contributed by atoms with Crippen molar-refractivity contribution in [2.75, 3.05) is 19.8 Å². The quantitative estimate of drug-likeness (QED) is 0.0874. The maximum atomic E-state index is 12.7. The van der Waals surface area contributed by atoms with Gasteiger partial charge in [-0.1, -0.05) is 46.3 Å². The molecule has 65 heavy (non-hydrogen) atoms. The van der Waals surface area contributed by atoms with Crippen LogP contribution in [0.25, 0.3) is 0 Å². The SMILES string of the molecule is CC(C)=CCC[C@](C)(O[C@H]1O[C@@H](CO)[C@H](O)[C@@H](O)[C@@H]1O)[C@@H]1CC[C@]2(C)[C@@H]1[C@H](O)C[C@@H]1[C@]3(C)CC[C@H](O)C(C)(C)[C@@H]3[C@H](O[C@@H]3O[C@H](CO)[C@@H](O)[C@H](O)[C@@H]3O[C@@H]3OC[C@@H](O)[C@@H](O)[C@@H]3O)C[C@@]12C. The fourth-order valence-corrected chi connectivity index (χ4v) is 14.6. The zero-order valence-corrected chi connectivity index (χ0v) is 39.3. The molecule has 0 amide bonds. The lowest BCUT2D eigenvalue weighted by atomic mass is 9.34. The Morgan fingerprint density at radius 2 is 1.31 bits per heavy atom. The number of hydrogen-bond donors (Lipinski definition) is 12. The van der Waals surface area contributed by atoms with Crippen molar-refractivity contribution in [3.8, 4) is 0 Å². The third-order valence-corrected chi connectivity index (χ3v) is 18.3. The number of aliphatic hydroxyl groups excluding tert-OH is 12. The van der Waals surface area contributed by atoms with Crippen LogP contribution < -0.4 is 0 Å². The topological polar surface area (TPSA) is 298 Å². The summed E-state index contributed by atoms with van der Waals surface area (Å²) >= 11 is 0. The molecule has 376 valence electrons. The van der Waals surface area contributed by atoms with Gasteiger partial charge in [0.15, 0.2) is 18.9 Å². The molecule has 0 spiro atoms. The number of rotatable bonds is 12. The van der Waals surface area contributed by atoms with Crippen LogP contribution in [0.1, 0.15) is 107 Å². The molecule has 0 radical (unpaired) electrons. The van der Waals surface area contributed by atoms with Gasteiger partial charge in [0.25, 0.3) is 0 Å². The largest absolute Gasteiger partial charge is 0.394 e. The number of ether oxygens (including phenoxy) is 6. The van der Waals surface area contributed by atoms with Gasteiger partial charge in [0.2, 0.25) is 0 Å². The van der Waals surface area contributed by atoms with Gasteiger partial charge in [0.05, 0.1) is 43.7 Å². The van der Waals surface area contributed by atoms with Gasteiger partial charge in [0.1, 0.15) is 67.1 Å². The highest BCUT2D eigenvalue weighted by molar-refractivity contribution is 5.22. The van der Waals surface area contributed by atoms with E-state index in [0.717, 1.165) is 5.57 Å². The summed E-state index contributed by atoms with van der Waals surface area (Å²) in [7, 11) is 0. The van der Waals surface area contributed by atoms with Crippen molar-refractivity contribution < 1.29 is 89.7 Å². The van der Waals surface area contributed by atoms with Crippen LogP contribution in [0.5, 0.6) is 0 Å². The monoisotopic (exact) mass is 933 g/mol. The van der Waals surface area contributed by atoms with Crippen LogP contribution in [0.4, 0.5) is 0 Å². The summed E-state index contributed by atoms with van der Waals surface area (Å²) in [6.07, 6.45) is -17.2. The van der Waals surface area contributed by atoms with Gasteiger partial charge < -0.3 is 89.7 Å². The van der Waals surface area contributed by atoms with E-state index in [2.05, 4.69) is 26.8 Å². The van der Waals surface area contributed by atoms with E-state index >= 15 is 0 Å². The third-order valence-electron chi connectivity index (χ3n) is 18.3. The molecule has 3 saturated heterocycles. The van der Waals surface area contributed by atoms with Crippen LogP contribution in [0.15, 0.2) is 11.6 Å². The molecule has 0 aromatic heterocycles. The number of allylic oxidation sites excluding steroid dienone is 2. The molecule has 7 aliphatic rings. The molecule has 7 rings (SSSR count). The molecule has 3 heterocycles. The molecule has 0 aromatic carbocycles. The molecule has 12 N–H and O–H groups in total. The van der Waals surface area contributed by atoms with Crippen LogP contribution in [0.3, 0.4) is 0 Å². The number of fused-ring (bicyclic) bond motifs is 5. The molecule has 18 nitrogen and oxygen atoms in total. The van der Waals surface area contributed by atoms with Crippen molar-refractivity contribution in [1.82, 2.24) is 0 Å². The highest BCUT2D eigenvalue weighted by atomic mass is 16.8. The highest BCUT2D eigenvalue weighted by Crippen LogP contribution is 2.76. The van der Waals surface area contributed by atoms with Gasteiger partial charge in [0, 0.05) is 0 Å². The van der Waals surface area contributed by atoms with E-state index in [4.69, 9.17) is 28.4 Å². The summed E-state index contributed by atoms with van der Waals surface area (Å²) in [6.45, 7) is 15.0. The Labute approximate surface area is 382 Å². The van der Waals surface area contributed by atoms with E-state index in [0.29, 0.717) is 51.4 Å². The Kier molecular flexibility index (Phi) is 15.1. The van der Waals surface area contributed by atoms with Gasteiger partial charge >= 0.3 is 0 Å². The van der Waals surface area contributed by atoms with Gasteiger partial charge in [-0.2, -0.15) is 0 Å². The summed E-state index contributed by atoms with van der Waals surface area (Å²) in [6, 6.07) is 0. The van der Waals surface area contributed by atoms with Crippen LogP contribution in [-0.2, 0) is 28.4 Å². The second-order valence-corrected chi connectivity index (χ2v) is 22.6. The minimum atomic E-state index is -1.73. The normalized spacial score (nSPS) is 53.0. The zero-order chi connectivity index (χ0) is 47.9. The molecule has 18 heteroatoms. The molecule has 0 unspecified atom stereocenters. The average molecular weight is 933 g/mol. The first-order valence-electron chi connectivity index (χ1n) is 23.9. The summed E-state index contributed by atoms with van der Waals surface area (Å²) in [4.78, 5) is 0. The van der Waals surface area contributed by atoms with E-state index in [9.17, 15) is 61.3 Å². The molecular weight excluding hydrogens is 852 g/mol. The first-order valence-corrected chi connectivity index (χ1v) is 23.9. The molecule has 3 aliphatic heterocycles. The molecular formula is C47H80O18. The van der Waals surface area contributed by atoms with Gasteiger partial charge in [-0.3, -0.25) is 0 Å². The molecule has 0 bridgehead atoms. The predicted octanol–water partition coefficient (Wildman–Crippen LogP) is -0.417. The van der Waals surface area contributed by atoms with Crippen LogP contribution in [-0.4, -0.2) is 191 Å². The van der Waals surface area contributed by atoms with Crippen LogP contribution in [0.2, 0.25) is 0 Å². The van der Waals surface area contributed by atoms with Crippen molar-refractivity contribution in [3.05, 3.63) is 11.6 Å². The second-order valence-electron chi connectivity index (χ2n) is 22.6. The molecule has 4 aliphatic carbocycles. The smallest absolute Gasteiger partial charge is 0.187 e. The number of hydrogen-bond acceptors (Lipinski definition) is 18. The van der Waals surface area contributed by atoms with Gasteiger partial charge in [-0.15, -0.1) is 0 Å². The maximum absolute atomic E-state index is 12.7. The second kappa shape index (κ2) is 19.0. The van der Waals surface area contributed by atoms with Crippen molar-refractivity contribution in [2.24, 2.45) is 45.3 Å². The van der Waals surface area contributed by atoms with Crippen molar-refractivity contribution in [2.45, 2.75) is 217 Å². The first-order chi connectivity index (χ1) is 30.3. The Balaban J connectivity index is 1.27. The minimum Gasteiger partial charge on any atom is -0.394 e. The van der Waals surface area contributed by atoms with E-state index in [1.54, 1.807) is 0 Å². The molecule has 0 aromatic rings. The van der Waals surface area contributed by atoms with Gasteiger partial charge in [-0.05, 0) is 117 Å². The van der Waals surface area contributed by atoms with Gasteiger partial charge in [-0.25, -0.2) is 0 Å². The van der Waals surface area contributed by atoms with Crippen molar-refractivity contribution in [1.29, 1.82) is 0 Å². The first kappa shape index (κ1) is 51.9. The molecule has 7 fully saturated rings. The fourth-order valence-electron chi connectivity index (χ4n) is 14.6. The fraction of sp³-hybridized carbons (Fsp3) is 0.957. The summed E-state index contributed by atoms with van der Waals surface area (Å²) in [5, 5.41) is 131. The van der Waals surface area contributed by atoms with Crippen LogP contribution in [0, 0.1) is 45.3 Å². The Morgan fingerprint density at radius 3 is 1.94 bits per heavy atom. The third kappa shape index (κ3) is 8.72. The van der Waals surface area contributed by atoms with E-state index in [-0.39, 0.29) is 30.3 Å². The standard InChI is InChI=1S/C47H80O18/c1-21(2)10-9-13-47(8,65-41-37(59)34(56)32(54)26(18-48)62-41)22-11-15-45(6)30(22)23(50)16-28-44(5)14-12-29(52)43(3,4)39(44)25(17-46(28,45)7)61-42-38(35(57)33(55)27(19-49)63-42)64-40-36(58)31(53)24(51)20-60-40/h10,22-42,48-59H,9,11-20H2,1-8H3/t22-,23-,24-,25-,26+,27-,28-,29+,30+,31-,32+,33-,34-,35+,36+,37+,38+,39+,40+,41-,42-,44+,45-,46+,47+/m1/s1. The van der Waals surface area contributed by atoms with E-state index in [1.807, 2.05) is 34.6 Å². The van der Waals surface area contributed by atoms with Crippen molar-refractivity contribution >= 4 is 0 Å². The van der Waals surface area contributed by atoms with Crippen molar-refractivity contribution in [3.63, 3.8) is 0 Å². The summed E-state index contributed by atoms with van der Waals surface area (Å²) in [5.41, 5.74) is -2.41. The minimum absolute atomic E-state index is 0.0828. The maximum Gasteiger partial charge on any atom is 0.187 e. The summed E-state index contributed by atoms with van der Waals surface area (Å²) in [5.74, 6) is -1.11. The summed E-state index contributed by atoms with van der Waals surface area (Å²) < 4.78 is 37.7. The average Bonchev–Trinajstić information content (AvgIpc) is 3.63. The highest BCUT2D eigenvalue weighted by Gasteiger charge is 2.74. The lowest BCUT2D eigenvalue weighted by molar-refractivity contribution is -0.377.